The number of hydrogen-bond acceptors (Lipinski definition) is 3. The van der Waals surface area contributed by atoms with Crippen molar-refractivity contribution in [2.75, 3.05) is 0 Å². The lowest BCUT2D eigenvalue weighted by atomic mass is 10.2. The molecule has 0 unspecified atom stereocenters. The first-order valence-corrected chi connectivity index (χ1v) is 4.76. The monoisotopic (exact) mass is 213 g/mol. The van der Waals surface area contributed by atoms with Crippen LogP contribution in [0.4, 0.5) is 5.69 Å². The van der Waals surface area contributed by atoms with Crippen LogP contribution < -0.4 is 0 Å². The predicted molar refractivity (Wildman–Crippen MR) is 53.5 cm³/mol. The summed E-state index contributed by atoms with van der Waals surface area (Å²) in [5, 5.41) is 13.6. The van der Waals surface area contributed by atoms with Crippen molar-refractivity contribution in [3.05, 3.63) is 38.7 Å². The number of hydrogen-bond donors (Lipinski definition) is 0. The summed E-state index contributed by atoms with van der Waals surface area (Å²) in [6.45, 7) is 0. The summed E-state index contributed by atoms with van der Waals surface area (Å²) in [6.07, 6.45) is 0. The van der Waals surface area contributed by atoms with Crippen LogP contribution in [0.25, 0.3) is 10.1 Å². The molecule has 5 heteroatoms. The number of halogens is 1. The fourth-order valence-corrected chi connectivity index (χ4v) is 2.42. The topological polar surface area (TPSA) is 43.1 Å². The first-order chi connectivity index (χ1) is 6.20. The SMILES string of the molecule is O=[N+]([O-])c1cccc2c(Cl)csc12. The second kappa shape index (κ2) is 2.97. The maximum Gasteiger partial charge on any atom is 0.287 e. The highest BCUT2D eigenvalue weighted by Crippen LogP contribution is 2.35. The van der Waals surface area contributed by atoms with Crippen LogP contribution in [-0.2, 0) is 0 Å². The number of benzene rings is 1. The highest BCUT2D eigenvalue weighted by molar-refractivity contribution is 7.18. The molecule has 0 fully saturated rings. The predicted octanol–water partition coefficient (Wildman–Crippen LogP) is 3.46. The van der Waals surface area contributed by atoms with Crippen LogP contribution >= 0.6 is 22.9 Å². The van der Waals surface area contributed by atoms with Gasteiger partial charge in [0.05, 0.1) is 9.95 Å². The van der Waals surface area contributed by atoms with Crippen LogP contribution in [-0.4, -0.2) is 4.92 Å². The van der Waals surface area contributed by atoms with E-state index in [0.717, 1.165) is 5.39 Å². The van der Waals surface area contributed by atoms with E-state index in [9.17, 15) is 10.1 Å². The number of nitro benzene ring substituents is 1. The summed E-state index contributed by atoms with van der Waals surface area (Å²) in [4.78, 5) is 10.2. The zero-order valence-corrected chi connectivity index (χ0v) is 7.93. The van der Waals surface area contributed by atoms with Gasteiger partial charge in [0, 0.05) is 16.8 Å². The van der Waals surface area contributed by atoms with Crippen molar-refractivity contribution < 1.29 is 4.92 Å². The smallest absolute Gasteiger partial charge is 0.258 e. The van der Waals surface area contributed by atoms with E-state index in [0.29, 0.717) is 9.72 Å². The first kappa shape index (κ1) is 8.47. The molecule has 0 spiro atoms. The number of nitro groups is 1. The van der Waals surface area contributed by atoms with Crippen molar-refractivity contribution >= 4 is 38.7 Å². The van der Waals surface area contributed by atoms with Gasteiger partial charge >= 0.3 is 0 Å². The highest BCUT2D eigenvalue weighted by atomic mass is 35.5. The number of rotatable bonds is 1. The fraction of sp³-hybridized carbons (Fsp3) is 0. The molecule has 13 heavy (non-hydrogen) atoms. The normalized spacial score (nSPS) is 10.5. The second-order valence-electron chi connectivity index (χ2n) is 2.49. The van der Waals surface area contributed by atoms with E-state index in [2.05, 4.69) is 0 Å². The van der Waals surface area contributed by atoms with Gasteiger partial charge in [-0.15, -0.1) is 11.3 Å². The van der Waals surface area contributed by atoms with Gasteiger partial charge in [-0.25, -0.2) is 0 Å². The van der Waals surface area contributed by atoms with E-state index < -0.39 is 4.92 Å². The third-order valence-electron chi connectivity index (χ3n) is 1.73. The Hall–Kier alpha value is -1.13. The Morgan fingerprint density at radius 1 is 1.46 bits per heavy atom. The molecule has 2 rings (SSSR count). The lowest BCUT2D eigenvalue weighted by Crippen LogP contribution is -1.86. The zero-order valence-electron chi connectivity index (χ0n) is 6.36. The van der Waals surface area contributed by atoms with E-state index in [1.54, 1.807) is 17.5 Å². The molecule has 1 heterocycles. The Bertz CT molecular complexity index is 480. The molecule has 0 aliphatic heterocycles. The maximum atomic E-state index is 10.6. The fourth-order valence-electron chi connectivity index (χ4n) is 1.15. The summed E-state index contributed by atoms with van der Waals surface area (Å²) < 4.78 is 0.637. The van der Waals surface area contributed by atoms with E-state index in [-0.39, 0.29) is 5.69 Å². The first-order valence-electron chi connectivity index (χ1n) is 3.50. The average molecular weight is 214 g/mol. The quantitative estimate of drug-likeness (QED) is 0.538. The summed E-state index contributed by atoms with van der Waals surface area (Å²) in [5.41, 5.74) is 0.120. The molecule has 2 aromatic rings. The van der Waals surface area contributed by atoms with Crippen molar-refractivity contribution in [3.63, 3.8) is 0 Å². The summed E-state index contributed by atoms with van der Waals surface area (Å²) >= 11 is 7.13. The molecule has 0 saturated heterocycles. The molecule has 0 atom stereocenters. The summed E-state index contributed by atoms with van der Waals surface area (Å²) in [7, 11) is 0. The van der Waals surface area contributed by atoms with Crippen LogP contribution in [0.2, 0.25) is 5.02 Å². The molecule has 0 aliphatic rings. The van der Waals surface area contributed by atoms with Crippen LogP contribution in [0.5, 0.6) is 0 Å². The van der Waals surface area contributed by atoms with E-state index in [1.165, 1.54) is 17.4 Å². The molecule has 0 radical (unpaired) electrons. The maximum absolute atomic E-state index is 10.6. The molecular formula is C8H4ClNO2S. The molecular weight excluding hydrogens is 210 g/mol. The van der Waals surface area contributed by atoms with Gasteiger partial charge in [0.15, 0.2) is 0 Å². The van der Waals surface area contributed by atoms with Crippen molar-refractivity contribution in [1.29, 1.82) is 0 Å². The lowest BCUT2D eigenvalue weighted by molar-refractivity contribution is -0.382. The van der Waals surface area contributed by atoms with Crippen molar-refractivity contribution in [1.82, 2.24) is 0 Å². The van der Waals surface area contributed by atoms with E-state index >= 15 is 0 Å². The largest absolute Gasteiger partial charge is 0.287 e. The van der Waals surface area contributed by atoms with Gasteiger partial charge < -0.3 is 0 Å². The van der Waals surface area contributed by atoms with Crippen LogP contribution in [0.3, 0.4) is 0 Å². The molecule has 66 valence electrons. The summed E-state index contributed by atoms with van der Waals surface area (Å²) in [6, 6.07) is 4.90. The van der Waals surface area contributed by atoms with Crippen molar-refractivity contribution in [2.45, 2.75) is 0 Å². The van der Waals surface area contributed by atoms with Crippen LogP contribution in [0, 0.1) is 10.1 Å². The van der Waals surface area contributed by atoms with Crippen LogP contribution in [0.15, 0.2) is 23.6 Å². The van der Waals surface area contributed by atoms with Gasteiger partial charge in [0.1, 0.15) is 4.70 Å². The Morgan fingerprint density at radius 3 is 2.92 bits per heavy atom. The van der Waals surface area contributed by atoms with E-state index in [1.807, 2.05) is 0 Å². The number of non-ortho nitro benzene ring substituents is 1. The summed E-state index contributed by atoms with van der Waals surface area (Å²) in [5.74, 6) is 0. The minimum absolute atomic E-state index is 0.120. The Morgan fingerprint density at radius 2 is 2.23 bits per heavy atom. The number of fused-ring (bicyclic) bond motifs is 1. The molecule has 3 nitrogen and oxygen atoms in total. The van der Waals surface area contributed by atoms with Crippen molar-refractivity contribution in [3.8, 4) is 0 Å². The Labute approximate surface area is 82.7 Å². The molecule has 0 N–H and O–H groups in total. The van der Waals surface area contributed by atoms with Gasteiger partial charge in [-0.1, -0.05) is 23.7 Å². The number of nitrogens with zero attached hydrogens (tertiary/aromatic N) is 1. The molecule has 0 saturated carbocycles. The highest BCUT2D eigenvalue weighted by Gasteiger charge is 2.13. The molecule has 0 aliphatic carbocycles. The molecule has 1 aromatic carbocycles. The Balaban J connectivity index is 2.84. The second-order valence-corrected chi connectivity index (χ2v) is 3.78. The van der Waals surface area contributed by atoms with Crippen molar-refractivity contribution in [2.24, 2.45) is 0 Å². The third kappa shape index (κ3) is 1.28. The van der Waals surface area contributed by atoms with Gasteiger partial charge in [-0.3, -0.25) is 10.1 Å². The van der Waals surface area contributed by atoms with Gasteiger partial charge in [-0.05, 0) is 0 Å². The minimum Gasteiger partial charge on any atom is -0.258 e. The third-order valence-corrected chi connectivity index (χ3v) is 3.19. The minimum atomic E-state index is -0.394. The zero-order chi connectivity index (χ0) is 9.42. The number of thiophene rings is 1. The standard InChI is InChI=1S/C8H4ClNO2S/c9-6-4-13-8-5(6)2-1-3-7(8)10(11)12/h1-4H. The van der Waals surface area contributed by atoms with Gasteiger partial charge in [-0.2, -0.15) is 0 Å². The van der Waals surface area contributed by atoms with Gasteiger partial charge in [0.25, 0.3) is 5.69 Å². The molecule has 1 aromatic heterocycles. The average Bonchev–Trinajstić information content (AvgIpc) is 2.48. The Kier molecular flexibility index (Phi) is 1.94. The molecule has 0 amide bonds. The van der Waals surface area contributed by atoms with Crippen LogP contribution in [0.1, 0.15) is 0 Å². The molecule has 0 bridgehead atoms. The van der Waals surface area contributed by atoms with Gasteiger partial charge in [0.2, 0.25) is 0 Å². The lowest BCUT2D eigenvalue weighted by Gasteiger charge is -1.92. The van der Waals surface area contributed by atoms with E-state index in [4.69, 9.17) is 11.6 Å².